The number of fused-ring (bicyclic) bond motifs is 4. The van der Waals surface area contributed by atoms with Crippen molar-refractivity contribution in [1.29, 1.82) is 0 Å². The molecule has 0 aromatic carbocycles. The van der Waals surface area contributed by atoms with Crippen LogP contribution < -0.4 is 5.56 Å². The molecule has 30 heavy (non-hydrogen) atoms. The first-order valence-electron chi connectivity index (χ1n) is 11.3. The van der Waals surface area contributed by atoms with Crippen molar-refractivity contribution in [2.45, 2.75) is 57.8 Å². The zero-order valence-electron chi connectivity index (χ0n) is 18.2. The largest absolute Gasteiger partial charge is 0.465 e. The van der Waals surface area contributed by atoms with E-state index in [1.54, 1.807) is 7.11 Å². The second kappa shape index (κ2) is 8.33. The first-order valence-corrected chi connectivity index (χ1v) is 11.3. The highest BCUT2D eigenvalue weighted by Crippen LogP contribution is 2.36. The molecule has 3 atom stereocenters. The third kappa shape index (κ3) is 3.88. The number of aryl methyl sites for hydroxylation is 1. The minimum Gasteiger partial charge on any atom is -0.465 e. The number of methoxy groups -OCH3 is 1. The summed E-state index contributed by atoms with van der Waals surface area (Å²) in [6.45, 7) is 8.28. The molecule has 0 saturated carbocycles. The quantitative estimate of drug-likeness (QED) is 0.732. The molecule has 2 bridgehead atoms. The number of aromatic nitrogens is 1. The highest BCUT2D eigenvalue weighted by Gasteiger charge is 2.35. The fraction of sp³-hybridized carbons (Fsp3) is 0.625. The van der Waals surface area contributed by atoms with E-state index in [1.807, 2.05) is 13.0 Å². The summed E-state index contributed by atoms with van der Waals surface area (Å²) in [4.78, 5) is 18.3. The molecule has 3 aliphatic rings. The first-order chi connectivity index (χ1) is 14.6. The molecule has 162 valence electrons. The maximum Gasteiger partial charge on any atom is 0.255 e. The number of rotatable bonds is 6. The van der Waals surface area contributed by atoms with Gasteiger partial charge >= 0.3 is 0 Å². The van der Waals surface area contributed by atoms with E-state index in [1.165, 1.54) is 18.5 Å². The zero-order chi connectivity index (χ0) is 20.7. The highest BCUT2D eigenvalue weighted by atomic mass is 16.5. The van der Waals surface area contributed by atoms with Crippen molar-refractivity contribution in [1.82, 2.24) is 14.4 Å². The van der Waals surface area contributed by atoms with Crippen LogP contribution >= 0.6 is 0 Å². The Kier molecular flexibility index (Phi) is 5.56. The fourth-order valence-electron chi connectivity index (χ4n) is 5.83. The van der Waals surface area contributed by atoms with Crippen molar-refractivity contribution in [2.75, 3.05) is 33.4 Å². The Balaban J connectivity index is 1.33. The summed E-state index contributed by atoms with van der Waals surface area (Å²) in [6.07, 6.45) is 3.54. The molecule has 3 aliphatic heterocycles. The number of nitrogens with zero attached hydrogens (tertiary/aromatic N) is 3. The molecule has 2 fully saturated rings. The van der Waals surface area contributed by atoms with Gasteiger partial charge in [0.25, 0.3) is 5.56 Å². The third-order valence-electron chi connectivity index (χ3n) is 7.17. The van der Waals surface area contributed by atoms with Crippen molar-refractivity contribution in [2.24, 2.45) is 5.92 Å². The van der Waals surface area contributed by atoms with Gasteiger partial charge in [0.05, 0.1) is 13.2 Å². The van der Waals surface area contributed by atoms with Crippen molar-refractivity contribution < 1.29 is 9.15 Å². The molecule has 0 radical (unpaired) electrons. The zero-order valence-corrected chi connectivity index (χ0v) is 18.2. The van der Waals surface area contributed by atoms with E-state index in [0.29, 0.717) is 17.9 Å². The van der Waals surface area contributed by atoms with Crippen LogP contribution in [-0.4, -0.2) is 53.8 Å². The second-order valence-corrected chi connectivity index (χ2v) is 9.43. The van der Waals surface area contributed by atoms with Crippen molar-refractivity contribution in [3.8, 4) is 0 Å². The monoisotopic (exact) mass is 411 g/mol. The van der Waals surface area contributed by atoms with E-state index < -0.39 is 0 Å². The lowest BCUT2D eigenvalue weighted by Crippen LogP contribution is -2.47. The predicted octanol–water partition coefficient (Wildman–Crippen LogP) is 2.98. The molecule has 6 nitrogen and oxygen atoms in total. The van der Waals surface area contributed by atoms with E-state index in [9.17, 15) is 4.79 Å². The lowest BCUT2D eigenvalue weighted by Gasteiger charge is -2.42. The van der Waals surface area contributed by atoms with E-state index in [0.717, 1.165) is 69.4 Å². The minimum absolute atomic E-state index is 0.223. The van der Waals surface area contributed by atoms with Crippen LogP contribution in [0.25, 0.3) is 0 Å². The number of likely N-dealkylation sites (tertiary alicyclic amines) is 2. The molecule has 2 saturated heterocycles. The summed E-state index contributed by atoms with van der Waals surface area (Å²) in [5.74, 6) is 2.98. The predicted molar refractivity (Wildman–Crippen MR) is 116 cm³/mol. The summed E-state index contributed by atoms with van der Waals surface area (Å²) < 4.78 is 13.3. The summed E-state index contributed by atoms with van der Waals surface area (Å²) >= 11 is 0. The van der Waals surface area contributed by atoms with Gasteiger partial charge in [0, 0.05) is 56.5 Å². The van der Waals surface area contributed by atoms with Gasteiger partial charge in [-0.05, 0) is 56.8 Å². The van der Waals surface area contributed by atoms with Crippen LogP contribution in [0, 0.1) is 12.8 Å². The Hall–Kier alpha value is -1.89. The lowest BCUT2D eigenvalue weighted by molar-refractivity contribution is 0.105. The van der Waals surface area contributed by atoms with Gasteiger partial charge in [-0.15, -0.1) is 0 Å². The van der Waals surface area contributed by atoms with E-state index in [2.05, 4.69) is 32.6 Å². The van der Waals surface area contributed by atoms with E-state index >= 15 is 0 Å². The Bertz CT molecular complexity index is 949. The highest BCUT2D eigenvalue weighted by molar-refractivity contribution is 5.23. The maximum absolute atomic E-state index is 13.3. The van der Waals surface area contributed by atoms with Crippen LogP contribution in [0.3, 0.4) is 0 Å². The summed E-state index contributed by atoms with van der Waals surface area (Å²) in [6, 6.07) is 8.87. The molecule has 2 aromatic rings. The van der Waals surface area contributed by atoms with Gasteiger partial charge < -0.3 is 13.7 Å². The molecule has 0 spiro atoms. The van der Waals surface area contributed by atoms with Crippen LogP contribution in [0.4, 0.5) is 0 Å². The third-order valence-corrected chi connectivity index (χ3v) is 7.17. The second-order valence-electron chi connectivity index (χ2n) is 9.43. The van der Waals surface area contributed by atoms with Gasteiger partial charge in [-0.1, -0.05) is 6.07 Å². The molecular weight excluding hydrogens is 378 g/mol. The molecule has 0 amide bonds. The number of pyridine rings is 1. The van der Waals surface area contributed by atoms with Gasteiger partial charge in [-0.2, -0.15) is 0 Å². The van der Waals surface area contributed by atoms with Crippen LogP contribution in [0.15, 0.2) is 33.5 Å². The van der Waals surface area contributed by atoms with E-state index in [-0.39, 0.29) is 5.56 Å². The molecule has 2 aromatic heterocycles. The number of ether oxygens (including phenoxy) is 1. The lowest BCUT2D eigenvalue weighted by atomic mass is 9.83. The molecule has 5 rings (SSSR count). The maximum atomic E-state index is 13.3. The number of piperidine rings is 1. The van der Waals surface area contributed by atoms with Crippen molar-refractivity contribution >= 4 is 0 Å². The molecular formula is C24H33N3O3. The standard InChI is InChI=1S/C24H33N3O3/c1-17-5-7-22(30-17)15-25-11-18-10-20(13-25)23-8-6-19(24(28)27(23)12-18)14-26-9-3-4-21(26)16-29-2/h5-8,18,20-21H,3-4,9-16H2,1-2H3/t18-,20+,21-/m0/s1. The van der Waals surface area contributed by atoms with Crippen LogP contribution in [0.5, 0.6) is 0 Å². The van der Waals surface area contributed by atoms with E-state index in [4.69, 9.17) is 9.15 Å². The first kappa shape index (κ1) is 20.0. The van der Waals surface area contributed by atoms with Gasteiger partial charge in [-0.25, -0.2) is 0 Å². The SMILES string of the molecule is COC[C@@H]1CCCN1Cc1ccc2n(c1=O)C[C@H]1C[C@@H]2CN(Cc2ccc(C)o2)C1. The van der Waals surface area contributed by atoms with Crippen LogP contribution in [0.1, 0.15) is 48.0 Å². The normalized spacial score (nSPS) is 26.8. The molecule has 0 unspecified atom stereocenters. The summed E-state index contributed by atoms with van der Waals surface area (Å²) in [7, 11) is 1.76. The minimum atomic E-state index is 0.223. The Morgan fingerprint density at radius 2 is 2.03 bits per heavy atom. The number of hydrogen-bond donors (Lipinski definition) is 0. The topological polar surface area (TPSA) is 50.9 Å². The van der Waals surface area contributed by atoms with Crippen LogP contribution in [0.2, 0.25) is 0 Å². The summed E-state index contributed by atoms with van der Waals surface area (Å²) in [5.41, 5.74) is 2.38. The average Bonchev–Trinajstić information content (AvgIpc) is 3.33. The average molecular weight is 412 g/mol. The smallest absolute Gasteiger partial charge is 0.255 e. The van der Waals surface area contributed by atoms with Gasteiger partial charge in [0.15, 0.2) is 0 Å². The van der Waals surface area contributed by atoms with Gasteiger partial charge in [0.2, 0.25) is 0 Å². The molecule has 5 heterocycles. The van der Waals surface area contributed by atoms with Gasteiger partial charge in [0.1, 0.15) is 11.5 Å². The number of hydrogen-bond acceptors (Lipinski definition) is 5. The summed E-state index contributed by atoms with van der Waals surface area (Å²) in [5, 5.41) is 0. The Labute approximate surface area is 178 Å². The van der Waals surface area contributed by atoms with Gasteiger partial charge in [-0.3, -0.25) is 14.6 Å². The van der Waals surface area contributed by atoms with Crippen molar-refractivity contribution in [3.05, 3.63) is 57.4 Å². The molecule has 0 aliphatic carbocycles. The molecule has 0 N–H and O–H groups in total. The molecule has 6 heteroatoms. The number of furan rings is 1. The Morgan fingerprint density at radius 1 is 1.13 bits per heavy atom. The Morgan fingerprint density at radius 3 is 2.83 bits per heavy atom. The van der Waals surface area contributed by atoms with Crippen molar-refractivity contribution in [3.63, 3.8) is 0 Å². The fourth-order valence-corrected chi connectivity index (χ4v) is 5.83. The van der Waals surface area contributed by atoms with Crippen LogP contribution in [-0.2, 0) is 24.4 Å².